The number of carbonyl (C=O) groups excluding carboxylic acids is 1. The van der Waals surface area contributed by atoms with E-state index in [0.29, 0.717) is 52.7 Å². The van der Waals surface area contributed by atoms with Gasteiger partial charge in [-0.3, -0.25) is 9.69 Å². The van der Waals surface area contributed by atoms with E-state index in [0.717, 1.165) is 28.0 Å². The van der Waals surface area contributed by atoms with Crippen LogP contribution in [0.2, 0.25) is 10.0 Å². The molecule has 0 radical (unpaired) electrons. The molecule has 3 aromatic carbocycles. The number of methoxy groups -OCH3 is 2. The summed E-state index contributed by atoms with van der Waals surface area (Å²) in [4.78, 5) is 15.4. The minimum absolute atomic E-state index is 0.156. The Labute approximate surface area is 213 Å². The van der Waals surface area contributed by atoms with E-state index >= 15 is 0 Å². The zero-order valence-electron chi connectivity index (χ0n) is 19.5. The standard InChI is InChI=1S/C27H23Cl2NO5/c1-15-8-22-18(13-30(14-34-22)12-17-4-6-19(28)20(29)9-17)27-25(15)26(31)24(35-27)11-16-5-7-21(32-2)23(10-16)33-3/h4-11H,12-14H2,1-3H3/b24-11-. The molecule has 0 N–H and O–H groups in total. The lowest BCUT2D eigenvalue weighted by Gasteiger charge is -2.30. The van der Waals surface area contributed by atoms with Crippen LogP contribution in [0.5, 0.6) is 23.0 Å². The number of rotatable bonds is 5. The van der Waals surface area contributed by atoms with E-state index < -0.39 is 0 Å². The van der Waals surface area contributed by atoms with Gasteiger partial charge >= 0.3 is 0 Å². The highest BCUT2D eigenvalue weighted by Crippen LogP contribution is 2.44. The molecule has 2 heterocycles. The van der Waals surface area contributed by atoms with Crippen molar-refractivity contribution in [1.82, 2.24) is 4.90 Å². The molecule has 2 aliphatic heterocycles. The third-order valence-electron chi connectivity index (χ3n) is 6.08. The quantitative estimate of drug-likeness (QED) is 0.375. The maximum absolute atomic E-state index is 13.3. The molecule has 0 bridgehead atoms. The van der Waals surface area contributed by atoms with Gasteiger partial charge in [0.1, 0.15) is 18.2 Å². The molecular weight excluding hydrogens is 489 g/mol. The lowest BCUT2D eigenvalue weighted by Crippen LogP contribution is -2.31. The van der Waals surface area contributed by atoms with Gasteiger partial charge in [0, 0.05) is 13.1 Å². The highest BCUT2D eigenvalue weighted by molar-refractivity contribution is 6.42. The fraction of sp³-hybridized carbons (Fsp3) is 0.222. The third-order valence-corrected chi connectivity index (χ3v) is 6.82. The van der Waals surface area contributed by atoms with E-state index in [1.165, 1.54) is 0 Å². The van der Waals surface area contributed by atoms with Crippen LogP contribution in [-0.2, 0) is 13.1 Å². The molecule has 0 spiro atoms. The Morgan fingerprint density at radius 1 is 1.03 bits per heavy atom. The number of Topliss-reactive ketones (excluding diaryl/α,β-unsaturated/α-hetero) is 1. The smallest absolute Gasteiger partial charge is 0.232 e. The van der Waals surface area contributed by atoms with Crippen LogP contribution in [0.1, 0.15) is 32.6 Å². The fourth-order valence-corrected chi connectivity index (χ4v) is 4.69. The average molecular weight is 512 g/mol. The number of ether oxygens (including phenoxy) is 4. The molecule has 3 aromatic rings. The number of hydrogen-bond donors (Lipinski definition) is 0. The van der Waals surface area contributed by atoms with Gasteiger partial charge in [-0.1, -0.05) is 35.3 Å². The first kappa shape index (κ1) is 23.5. The van der Waals surface area contributed by atoms with E-state index in [1.807, 2.05) is 31.2 Å². The zero-order chi connectivity index (χ0) is 24.7. The van der Waals surface area contributed by atoms with Gasteiger partial charge in [0.25, 0.3) is 0 Å². The first-order chi connectivity index (χ1) is 16.9. The van der Waals surface area contributed by atoms with Gasteiger partial charge in [0.2, 0.25) is 5.78 Å². The van der Waals surface area contributed by atoms with E-state index in [2.05, 4.69) is 4.90 Å². The summed E-state index contributed by atoms with van der Waals surface area (Å²) in [6.07, 6.45) is 1.72. The topological polar surface area (TPSA) is 57.2 Å². The minimum Gasteiger partial charge on any atom is -0.493 e. The third kappa shape index (κ3) is 4.45. The number of aryl methyl sites for hydroxylation is 1. The molecule has 180 valence electrons. The Bertz CT molecular complexity index is 1370. The van der Waals surface area contributed by atoms with Crippen molar-refractivity contribution < 1.29 is 23.7 Å². The van der Waals surface area contributed by atoms with Gasteiger partial charge in [-0.05, 0) is 60.0 Å². The van der Waals surface area contributed by atoms with Crippen LogP contribution in [0.4, 0.5) is 0 Å². The Morgan fingerprint density at radius 2 is 1.83 bits per heavy atom. The summed E-state index contributed by atoms with van der Waals surface area (Å²) < 4.78 is 22.9. The van der Waals surface area contributed by atoms with Crippen LogP contribution in [-0.4, -0.2) is 31.6 Å². The highest BCUT2D eigenvalue weighted by atomic mass is 35.5. The Morgan fingerprint density at radius 3 is 2.57 bits per heavy atom. The van der Waals surface area contributed by atoms with Crippen molar-refractivity contribution in [3.8, 4) is 23.0 Å². The van der Waals surface area contributed by atoms with E-state index in [1.54, 1.807) is 38.5 Å². The number of fused-ring (bicyclic) bond motifs is 3. The summed E-state index contributed by atoms with van der Waals surface area (Å²) in [6.45, 7) is 3.48. The summed E-state index contributed by atoms with van der Waals surface area (Å²) in [6, 6.07) is 12.9. The SMILES string of the molecule is COc1ccc(/C=C2\Oc3c4c(cc(C)c3C2=O)OCN(Cc2ccc(Cl)c(Cl)c2)C4)cc1OC. The second-order valence-corrected chi connectivity index (χ2v) is 9.25. The molecule has 8 heteroatoms. The number of benzene rings is 3. The summed E-state index contributed by atoms with van der Waals surface area (Å²) >= 11 is 12.2. The van der Waals surface area contributed by atoms with Gasteiger partial charge in [-0.25, -0.2) is 0 Å². The predicted octanol–water partition coefficient (Wildman–Crippen LogP) is 6.29. The molecule has 0 unspecified atom stereocenters. The van der Waals surface area contributed by atoms with Crippen molar-refractivity contribution in [2.24, 2.45) is 0 Å². The van der Waals surface area contributed by atoms with Crippen LogP contribution >= 0.6 is 23.2 Å². The van der Waals surface area contributed by atoms with Crippen molar-refractivity contribution in [2.45, 2.75) is 20.0 Å². The lowest BCUT2D eigenvalue weighted by atomic mass is 9.98. The molecule has 6 nitrogen and oxygen atoms in total. The first-order valence-corrected chi connectivity index (χ1v) is 11.8. The number of halogens is 2. The molecule has 0 saturated heterocycles. The van der Waals surface area contributed by atoms with Crippen LogP contribution in [0.15, 0.2) is 48.2 Å². The summed E-state index contributed by atoms with van der Waals surface area (Å²) in [5.41, 5.74) is 4.01. The van der Waals surface area contributed by atoms with Gasteiger partial charge < -0.3 is 18.9 Å². The minimum atomic E-state index is -0.156. The van der Waals surface area contributed by atoms with Gasteiger partial charge in [0.05, 0.1) is 35.4 Å². The number of nitrogens with zero attached hydrogens (tertiary/aromatic N) is 1. The van der Waals surface area contributed by atoms with Crippen molar-refractivity contribution in [3.63, 3.8) is 0 Å². The predicted molar refractivity (Wildman–Crippen MR) is 135 cm³/mol. The maximum Gasteiger partial charge on any atom is 0.232 e. The summed E-state index contributed by atoms with van der Waals surface area (Å²) in [5.74, 6) is 2.56. The maximum atomic E-state index is 13.3. The second-order valence-electron chi connectivity index (χ2n) is 8.44. The van der Waals surface area contributed by atoms with Crippen LogP contribution in [0, 0.1) is 6.92 Å². The summed E-state index contributed by atoms with van der Waals surface area (Å²) in [7, 11) is 3.15. The van der Waals surface area contributed by atoms with Crippen LogP contribution in [0.3, 0.4) is 0 Å². The Kier molecular flexibility index (Phi) is 6.36. The van der Waals surface area contributed by atoms with E-state index in [4.69, 9.17) is 42.1 Å². The van der Waals surface area contributed by atoms with Crippen molar-refractivity contribution >= 4 is 35.1 Å². The molecule has 0 saturated carbocycles. The Balaban J connectivity index is 1.44. The average Bonchev–Trinajstić information content (AvgIpc) is 3.18. The van der Waals surface area contributed by atoms with Gasteiger partial charge in [-0.15, -0.1) is 0 Å². The molecule has 5 rings (SSSR count). The molecule has 0 atom stereocenters. The molecule has 0 aromatic heterocycles. The molecule has 2 aliphatic rings. The summed E-state index contributed by atoms with van der Waals surface area (Å²) in [5, 5.41) is 1.03. The van der Waals surface area contributed by atoms with Crippen LogP contribution < -0.4 is 18.9 Å². The van der Waals surface area contributed by atoms with Crippen molar-refractivity contribution in [1.29, 1.82) is 0 Å². The molecule has 0 aliphatic carbocycles. The van der Waals surface area contributed by atoms with Gasteiger partial charge in [0.15, 0.2) is 17.3 Å². The van der Waals surface area contributed by atoms with Crippen molar-refractivity contribution in [2.75, 3.05) is 21.0 Å². The normalized spacial score (nSPS) is 15.9. The first-order valence-electron chi connectivity index (χ1n) is 11.0. The number of ketones is 1. The number of carbonyl (C=O) groups is 1. The monoisotopic (exact) mass is 511 g/mol. The Hall–Kier alpha value is -3.19. The number of hydrogen-bond acceptors (Lipinski definition) is 6. The number of allylic oxidation sites excluding steroid dienone is 1. The highest BCUT2D eigenvalue weighted by Gasteiger charge is 2.35. The van der Waals surface area contributed by atoms with E-state index in [9.17, 15) is 4.79 Å². The molecule has 0 amide bonds. The molecule has 0 fully saturated rings. The van der Waals surface area contributed by atoms with Crippen LogP contribution in [0.25, 0.3) is 6.08 Å². The molecular formula is C27H23Cl2NO5. The van der Waals surface area contributed by atoms with E-state index in [-0.39, 0.29) is 11.5 Å². The largest absolute Gasteiger partial charge is 0.493 e. The zero-order valence-corrected chi connectivity index (χ0v) is 21.0. The van der Waals surface area contributed by atoms with Crippen molar-refractivity contribution in [3.05, 3.63) is 86.1 Å². The lowest BCUT2D eigenvalue weighted by molar-refractivity contribution is 0.0872. The fourth-order valence-electron chi connectivity index (χ4n) is 4.37. The second kappa shape index (κ2) is 9.46. The molecule has 35 heavy (non-hydrogen) atoms. The van der Waals surface area contributed by atoms with Gasteiger partial charge in [-0.2, -0.15) is 0 Å².